The SMILES string of the molecule is O=C1[C@@H](N2C(=O)[C@H]3CCCN3C2=O)CCN1c1cccc(Cl)c1. The molecule has 120 valence electrons. The lowest BCUT2D eigenvalue weighted by molar-refractivity contribution is -0.133. The Morgan fingerprint density at radius 1 is 1.00 bits per heavy atom. The Morgan fingerprint density at radius 2 is 1.83 bits per heavy atom. The first-order chi connectivity index (χ1) is 11.1. The molecule has 6 nitrogen and oxygen atoms in total. The zero-order valence-corrected chi connectivity index (χ0v) is 13.2. The van der Waals surface area contributed by atoms with Gasteiger partial charge in [-0.1, -0.05) is 17.7 Å². The van der Waals surface area contributed by atoms with Gasteiger partial charge in [-0.2, -0.15) is 0 Å². The number of hydrogen-bond donors (Lipinski definition) is 0. The van der Waals surface area contributed by atoms with Gasteiger partial charge in [0.25, 0.3) is 5.91 Å². The summed E-state index contributed by atoms with van der Waals surface area (Å²) in [6.07, 6.45) is 2.01. The van der Waals surface area contributed by atoms with E-state index in [2.05, 4.69) is 0 Å². The number of halogens is 1. The Bertz CT molecular complexity index is 686. The van der Waals surface area contributed by atoms with Crippen molar-refractivity contribution in [1.29, 1.82) is 0 Å². The van der Waals surface area contributed by atoms with E-state index in [4.69, 9.17) is 11.6 Å². The number of rotatable bonds is 2. The molecule has 4 rings (SSSR count). The molecule has 0 unspecified atom stereocenters. The summed E-state index contributed by atoms with van der Waals surface area (Å²) in [5.41, 5.74) is 0.699. The van der Waals surface area contributed by atoms with E-state index in [0.717, 1.165) is 6.42 Å². The van der Waals surface area contributed by atoms with Crippen molar-refractivity contribution >= 4 is 35.1 Å². The van der Waals surface area contributed by atoms with E-state index in [1.54, 1.807) is 34.1 Å². The Morgan fingerprint density at radius 3 is 2.57 bits per heavy atom. The average molecular weight is 334 g/mol. The number of hydrogen-bond acceptors (Lipinski definition) is 3. The largest absolute Gasteiger partial charge is 0.328 e. The van der Waals surface area contributed by atoms with Gasteiger partial charge in [0.15, 0.2) is 0 Å². The van der Waals surface area contributed by atoms with E-state index in [9.17, 15) is 14.4 Å². The molecule has 3 aliphatic rings. The third-order valence-corrected chi connectivity index (χ3v) is 5.07. The first-order valence-electron chi connectivity index (χ1n) is 7.78. The summed E-state index contributed by atoms with van der Waals surface area (Å²) in [6.45, 7) is 1.08. The van der Waals surface area contributed by atoms with Gasteiger partial charge in [0.05, 0.1) is 0 Å². The summed E-state index contributed by atoms with van der Waals surface area (Å²) in [5.74, 6) is -0.436. The molecule has 2 atom stereocenters. The van der Waals surface area contributed by atoms with E-state index in [0.29, 0.717) is 36.6 Å². The highest BCUT2D eigenvalue weighted by molar-refractivity contribution is 6.31. The quantitative estimate of drug-likeness (QED) is 0.776. The Kier molecular flexibility index (Phi) is 3.30. The van der Waals surface area contributed by atoms with Gasteiger partial charge in [0.2, 0.25) is 5.91 Å². The molecule has 0 aromatic heterocycles. The molecular formula is C16H16ClN3O3. The molecule has 0 spiro atoms. The van der Waals surface area contributed by atoms with E-state index < -0.39 is 6.04 Å². The monoisotopic (exact) mass is 333 g/mol. The minimum absolute atomic E-state index is 0.213. The van der Waals surface area contributed by atoms with Gasteiger partial charge in [-0.25, -0.2) is 9.69 Å². The molecule has 3 saturated heterocycles. The van der Waals surface area contributed by atoms with Crippen LogP contribution in [0, 0.1) is 0 Å². The van der Waals surface area contributed by atoms with Gasteiger partial charge in [-0.05, 0) is 37.5 Å². The molecule has 0 bridgehead atoms. The van der Waals surface area contributed by atoms with Crippen LogP contribution in [0.2, 0.25) is 5.02 Å². The fourth-order valence-electron chi connectivity index (χ4n) is 3.74. The van der Waals surface area contributed by atoms with Crippen LogP contribution in [0.15, 0.2) is 24.3 Å². The predicted octanol–water partition coefficient (Wildman–Crippen LogP) is 1.87. The second-order valence-electron chi connectivity index (χ2n) is 6.12. The van der Waals surface area contributed by atoms with Crippen LogP contribution in [0.4, 0.5) is 10.5 Å². The molecule has 0 radical (unpaired) electrons. The average Bonchev–Trinajstić information content (AvgIpc) is 3.19. The molecule has 0 aliphatic carbocycles. The minimum atomic E-state index is -0.695. The Hall–Kier alpha value is -2.08. The summed E-state index contributed by atoms with van der Waals surface area (Å²) in [5, 5.41) is 0.549. The maximum absolute atomic E-state index is 12.7. The summed E-state index contributed by atoms with van der Waals surface area (Å²) in [4.78, 5) is 42.1. The highest BCUT2D eigenvalue weighted by Gasteiger charge is 2.53. The number of imide groups is 1. The van der Waals surface area contributed by atoms with Crippen molar-refractivity contribution in [1.82, 2.24) is 9.80 Å². The van der Waals surface area contributed by atoms with E-state index in [-0.39, 0.29) is 23.9 Å². The van der Waals surface area contributed by atoms with E-state index in [1.165, 1.54) is 4.90 Å². The molecule has 3 heterocycles. The first-order valence-corrected chi connectivity index (χ1v) is 8.16. The highest BCUT2D eigenvalue weighted by atomic mass is 35.5. The number of fused-ring (bicyclic) bond motifs is 1. The zero-order chi connectivity index (χ0) is 16.1. The van der Waals surface area contributed by atoms with Crippen LogP contribution in [0.5, 0.6) is 0 Å². The first kappa shape index (κ1) is 14.5. The molecule has 0 N–H and O–H groups in total. The summed E-state index contributed by atoms with van der Waals surface area (Å²) >= 11 is 5.98. The van der Waals surface area contributed by atoms with Crippen LogP contribution in [0.3, 0.4) is 0 Å². The number of carbonyl (C=O) groups excluding carboxylic acids is 3. The summed E-state index contributed by atoms with van der Waals surface area (Å²) < 4.78 is 0. The molecule has 3 aliphatic heterocycles. The molecule has 1 aromatic rings. The summed E-state index contributed by atoms with van der Waals surface area (Å²) in [7, 11) is 0. The normalized spacial score (nSPS) is 27.3. The lowest BCUT2D eigenvalue weighted by Crippen LogP contribution is -2.46. The number of urea groups is 1. The topological polar surface area (TPSA) is 60.9 Å². The number of nitrogens with zero attached hydrogens (tertiary/aromatic N) is 3. The second-order valence-corrected chi connectivity index (χ2v) is 6.55. The zero-order valence-electron chi connectivity index (χ0n) is 12.4. The lowest BCUT2D eigenvalue weighted by Gasteiger charge is -2.22. The van der Waals surface area contributed by atoms with Crippen molar-refractivity contribution in [3.05, 3.63) is 29.3 Å². The standard InChI is InChI=1S/C16H16ClN3O3/c17-10-3-1-4-11(9-10)18-8-6-13(14(18)21)20-15(22)12-5-2-7-19(12)16(20)23/h1,3-4,9,12-13H,2,5-8H2/t12-,13+/m1/s1. The maximum Gasteiger partial charge on any atom is 0.328 e. The molecular weight excluding hydrogens is 318 g/mol. The van der Waals surface area contributed by atoms with Crippen LogP contribution in [-0.4, -0.2) is 52.8 Å². The second kappa shape index (κ2) is 5.23. The number of carbonyl (C=O) groups is 3. The van der Waals surface area contributed by atoms with Crippen molar-refractivity contribution in [3.8, 4) is 0 Å². The van der Waals surface area contributed by atoms with Crippen molar-refractivity contribution in [3.63, 3.8) is 0 Å². The van der Waals surface area contributed by atoms with Gasteiger partial charge in [0, 0.05) is 23.8 Å². The van der Waals surface area contributed by atoms with Crippen molar-refractivity contribution in [2.24, 2.45) is 0 Å². The third kappa shape index (κ3) is 2.12. The van der Waals surface area contributed by atoms with Crippen LogP contribution in [0.25, 0.3) is 0 Å². The number of amides is 4. The fraction of sp³-hybridized carbons (Fsp3) is 0.438. The highest BCUT2D eigenvalue weighted by Crippen LogP contribution is 2.33. The minimum Gasteiger partial charge on any atom is -0.312 e. The number of anilines is 1. The van der Waals surface area contributed by atoms with E-state index >= 15 is 0 Å². The van der Waals surface area contributed by atoms with Crippen molar-refractivity contribution in [2.45, 2.75) is 31.3 Å². The molecule has 4 amide bonds. The Labute approximate surface area is 138 Å². The predicted molar refractivity (Wildman–Crippen MR) is 84.2 cm³/mol. The van der Waals surface area contributed by atoms with Crippen LogP contribution < -0.4 is 4.90 Å². The Balaban J connectivity index is 1.59. The van der Waals surface area contributed by atoms with Gasteiger partial charge in [-0.15, -0.1) is 0 Å². The molecule has 7 heteroatoms. The molecule has 3 fully saturated rings. The molecule has 0 saturated carbocycles. The smallest absolute Gasteiger partial charge is 0.312 e. The molecule has 1 aromatic carbocycles. The fourth-order valence-corrected chi connectivity index (χ4v) is 3.92. The van der Waals surface area contributed by atoms with Crippen LogP contribution >= 0.6 is 11.6 Å². The summed E-state index contributed by atoms with van der Waals surface area (Å²) in [6, 6.07) is 5.66. The number of benzene rings is 1. The van der Waals surface area contributed by atoms with Crippen LogP contribution in [0.1, 0.15) is 19.3 Å². The van der Waals surface area contributed by atoms with Crippen LogP contribution in [-0.2, 0) is 9.59 Å². The third-order valence-electron chi connectivity index (χ3n) is 4.84. The maximum atomic E-state index is 12.7. The van der Waals surface area contributed by atoms with Gasteiger partial charge >= 0.3 is 6.03 Å². The van der Waals surface area contributed by atoms with Gasteiger partial charge in [0.1, 0.15) is 12.1 Å². The van der Waals surface area contributed by atoms with Gasteiger partial charge in [-0.3, -0.25) is 9.59 Å². The lowest BCUT2D eigenvalue weighted by atomic mass is 10.1. The van der Waals surface area contributed by atoms with Crippen molar-refractivity contribution < 1.29 is 14.4 Å². The molecule has 23 heavy (non-hydrogen) atoms. The van der Waals surface area contributed by atoms with Gasteiger partial charge < -0.3 is 9.80 Å². The van der Waals surface area contributed by atoms with E-state index in [1.807, 2.05) is 0 Å². The van der Waals surface area contributed by atoms with Crippen molar-refractivity contribution in [2.75, 3.05) is 18.0 Å².